The first kappa shape index (κ1) is 15.8. The van der Waals surface area contributed by atoms with Gasteiger partial charge in [0.2, 0.25) is 0 Å². The summed E-state index contributed by atoms with van der Waals surface area (Å²) in [7, 11) is 0. The Hall–Kier alpha value is -1.55. The molecule has 4 nitrogen and oxygen atoms in total. The molecule has 1 amide bonds. The molecule has 1 aliphatic rings. The molecule has 2 N–H and O–H groups in total. The maximum absolute atomic E-state index is 12.0. The zero-order valence-electron chi connectivity index (χ0n) is 12.8. The van der Waals surface area contributed by atoms with Gasteiger partial charge in [0.05, 0.1) is 6.10 Å². The molecule has 0 aliphatic heterocycles. The van der Waals surface area contributed by atoms with E-state index in [0.29, 0.717) is 18.2 Å². The molecule has 1 aliphatic carbocycles. The van der Waals surface area contributed by atoms with Crippen LogP contribution in [0.3, 0.4) is 0 Å². The topological polar surface area (TPSA) is 58.6 Å². The smallest absolute Gasteiger partial charge is 0.260 e. The van der Waals surface area contributed by atoms with Gasteiger partial charge in [0.1, 0.15) is 5.75 Å². The molecule has 0 saturated heterocycles. The van der Waals surface area contributed by atoms with Crippen molar-refractivity contribution in [1.82, 2.24) is 5.32 Å². The van der Waals surface area contributed by atoms with Crippen molar-refractivity contribution in [3.05, 3.63) is 29.8 Å². The minimum Gasteiger partial charge on any atom is -0.481 e. The van der Waals surface area contributed by atoms with Gasteiger partial charge in [0.25, 0.3) is 5.91 Å². The summed E-state index contributed by atoms with van der Waals surface area (Å²) in [6.45, 7) is 4.03. The van der Waals surface area contributed by atoms with Crippen molar-refractivity contribution in [2.45, 2.75) is 51.7 Å². The quantitative estimate of drug-likeness (QED) is 0.846. The van der Waals surface area contributed by atoms with Crippen LogP contribution >= 0.6 is 0 Å². The van der Waals surface area contributed by atoms with Crippen LogP contribution < -0.4 is 10.1 Å². The molecular weight excluding hydrogens is 266 g/mol. The fourth-order valence-electron chi connectivity index (χ4n) is 2.73. The van der Waals surface area contributed by atoms with E-state index in [1.165, 1.54) is 12.8 Å². The number of nitrogens with one attached hydrogen (secondary N) is 1. The highest BCUT2D eigenvalue weighted by atomic mass is 16.5. The lowest BCUT2D eigenvalue weighted by atomic mass is 10.0. The zero-order valence-corrected chi connectivity index (χ0v) is 12.8. The van der Waals surface area contributed by atoms with E-state index >= 15 is 0 Å². The molecule has 0 radical (unpaired) electrons. The molecule has 0 aromatic heterocycles. The molecule has 2 unspecified atom stereocenters. The molecule has 116 valence electrons. The molecule has 1 aromatic carbocycles. The van der Waals surface area contributed by atoms with Crippen LogP contribution in [0.15, 0.2) is 24.3 Å². The highest BCUT2D eigenvalue weighted by Crippen LogP contribution is 2.27. The Kier molecular flexibility index (Phi) is 5.62. The highest BCUT2D eigenvalue weighted by molar-refractivity contribution is 5.80. The number of aryl methyl sites for hydroxylation is 1. The molecule has 2 rings (SSSR count). The van der Waals surface area contributed by atoms with Crippen molar-refractivity contribution in [2.24, 2.45) is 5.92 Å². The summed E-state index contributed by atoms with van der Waals surface area (Å²) < 4.78 is 5.60. The summed E-state index contributed by atoms with van der Waals surface area (Å²) in [4.78, 5) is 12.0. The summed E-state index contributed by atoms with van der Waals surface area (Å²) in [5.41, 5.74) is 1.15. The van der Waals surface area contributed by atoms with Crippen molar-refractivity contribution in [3.63, 3.8) is 0 Å². The number of aliphatic hydroxyl groups excluding tert-OH is 1. The standard InChI is InChI=1S/C17H25NO3/c1-12-7-9-15(10-8-12)21-13(2)17(20)18-11-16(19)14-5-3-4-6-14/h7-10,13-14,16,19H,3-6,11H2,1-2H3,(H,18,20). The second kappa shape index (κ2) is 7.46. The van der Waals surface area contributed by atoms with Crippen LogP contribution in [0.4, 0.5) is 0 Å². The summed E-state index contributed by atoms with van der Waals surface area (Å²) in [5.74, 6) is 0.825. The number of hydrogen-bond acceptors (Lipinski definition) is 3. The summed E-state index contributed by atoms with van der Waals surface area (Å²) in [6.07, 6.45) is 3.48. The molecule has 0 spiro atoms. The monoisotopic (exact) mass is 291 g/mol. The third kappa shape index (κ3) is 4.74. The minimum absolute atomic E-state index is 0.187. The number of ether oxygens (including phenoxy) is 1. The van der Waals surface area contributed by atoms with Gasteiger partial charge in [0.15, 0.2) is 6.10 Å². The number of carbonyl (C=O) groups excluding carboxylic acids is 1. The molecule has 1 saturated carbocycles. The lowest BCUT2D eigenvalue weighted by Crippen LogP contribution is -2.41. The summed E-state index contributed by atoms with van der Waals surface area (Å²) in [6, 6.07) is 7.60. The van der Waals surface area contributed by atoms with Gasteiger partial charge in [-0.2, -0.15) is 0 Å². The Labute approximate surface area is 126 Å². The first-order valence-corrected chi connectivity index (χ1v) is 7.75. The number of carbonyl (C=O) groups is 1. The minimum atomic E-state index is -0.566. The van der Waals surface area contributed by atoms with Crippen molar-refractivity contribution < 1.29 is 14.6 Å². The Balaban J connectivity index is 1.75. The van der Waals surface area contributed by atoms with Gasteiger partial charge in [-0.15, -0.1) is 0 Å². The second-order valence-electron chi connectivity index (χ2n) is 5.93. The van der Waals surface area contributed by atoms with Crippen molar-refractivity contribution >= 4 is 5.91 Å². The molecule has 1 aromatic rings. The Bertz CT molecular complexity index is 452. The predicted molar refractivity (Wildman–Crippen MR) is 82.2 cm³/mol. The molecule has 0 bridgehead atoms. The largest absolute Gasteiger partial charge is 0.481 e. The third-order valence-corrected chi connectivity index (χ3v) is 4.13. The van der Waals surface area contributed by atoms with Gasteiger partial charge in [-0.25, -0.2) is 0 Å². The van der Waals surface area contributed by atoms with E-state index in [1.54, 1.807) is 6.92 Å². The van der Waals surface area contributed by atoms with Crippen LogP contribution in [0.1, 0.15) is 38.2 Å². The second-order valence-corrected chi connectivity index (χ2v) is 5.93. The van der Waals surface area contributed by atoms with Crippen LogP contribution in [-0.2, 0) is 4.79 Å². The third-order valence-electron chi connectivity index (χ3n) is 4.13. The van der Waals surface area contributed by atoms with E-state index in [1.807, 2.05) is 31.2 Å². The van der Waals surface area contributed by atoms with Gasteiger partial charge in [-0.1, -0.05) is 30.5 Å². The van der Waals surface area contributed by atoms with Crippen LogP contribution in [0.5, 0.6) is 5.75 Å². The van der Waals surface area contributed by atoms with Gasteiger partial charge in [-0.05, 0) is 44.7 Å². The molecule has 2 atom stereocenters. The van der Waals surface area contributed by atoms with E-state index in [2.05, 4.69) is 5.32 Å². The van der Waals surface area contributed by atoms with Gasteiger partial charge in [-0.3, -0.25) is 4.79 Å². The molecule has 4 heteroatoms. The first-order valence-electron chi connectivity index (χ1n) is 7.75. The SMILES string of the molecule is Cc1ccc(OC(C)C(=O)NCC(O)C2CCCC2)cc1. The van der Waals surface area contributed by atoms with Crippen LogP contribution in [0.25, 0.3) is 0 Å². The van der Waals surface area contributed by atoms with Crippen LogP contribution in [0, 0.1) is 12.8 Å². The maximum atomic E-state index is 12.0. The molecule has 1 fully saturated rings. The van der Waals surface area contributed by atoms with Crippen molar-refractivity contribution in [1.29, 1.82) is 0 Å². The first-order chi connectivity index (χ1) is 10.1. The van der Waals surface area contributed by atoms with Crippen molar-refractivity contribution in [3.8, 4) is 5.75 Å². The maximum Gasteiger partial charge on any atom is 0.260 e. The van der Waals surface area contributed by atoms with E-state index < -0.39 is 12.2 Å². The number of hydrogen-bond donors (Lipinski definition) is 2. The average Bonchev–Trinajstić information content (AvgIpc) is 3.01. The lowest BCUT2D eigenvalue weighted by molar-refractivity contribution is -0.127. The fraction of sp³-hybridized carbons (Fsp3) is 0.588. The number of amides is 1. The zero-order chi connectivity index (χ0) is 15.2. The highest BCUT2D eigenvalue weighted by Gasteiger charge is 2.24. The Morgan fingerprint density at radius 3 is 2.57 bits per heavy atom. The van der Waals surface area contributed by atoms with Gasteiger partial charge >= 0.3 is 0 Å². The summed E-state index contributed by atoms with van der Waals surface area (Å²) >= 11 is 0. The molecular formula is C17H25NO3. The van der Waals surface area contributed by atoms with E-state index in [-0.39, 0.29) is 5.91 Å². The van der Waals surface area contributed by atoms with Crippen LogP contribution in [-0.4, -0.2) is 29.8 Å². The number of benzene rings is 1. The average molecular weight is 291 g/mol. The normalized spacial score (nSPS) is 18.2. The van der Waals surface area contributed by atoms with E-state index in [9.17, 15) is 9.90 Å². The lowest BCUT2D eigenvalue weighted by Gasteiger charge is -2.20. The summed E-state index contributed by atoms with van der Waals surface area (Å²) in [5, 5.41) is 12.8. The predicted octanol–water partition coefficient (Wildman–Crippen LogP) is 2.43. The van der Waals surface area contributed by atoms with E-state index in [0.717, 1.165) is 18.4 Å². The Morgan fingerprint density at radius 2 is 1.95 bits per heavy atom. The fourth-order valence-corrected chi connectivity index (χ4v) is 2.73. The number of aliphatic hydroxyl groups is 1. The molecule has 0 heterocycles. The van der Waals surface area contributed by atoms with E-state index in [4.69, 9.17) is 4.74 Å². The van der Waals surface area contributed by atoms with Gasteiger partial charge in [0, 0.05) is 6.54 Å². The Morgan fingerprint density at radius 1 is 1.33 bits per heavy atom. The van der Waals surface area contributed by atoms with Crippen LogP contribution in [0.2, 0.25) is 0 Å². The van der Waals surface area contributed by atoms with Gasteiger partial charge < -0.3 is 15.2 Å². The number of rotatable bonds is 6. The molecule has 21 heavy (non-hydrogen) atoms. The van der Waals surface area contributed by atoms with Crippen molar-refractivity contribution in [2.75, 3.05) is 6.54 Å².